The molecule has 2 rings (SSSR count). The molecule has 1 fully saturated rings. The van der Waals surface area contributed by atoms with Crippen molar-refractivity contribution in [1.82, 2.24) is 4.90 Å². The summed E-state index contributed by atoms with van der Waals surface area (Å²) in [5.41, 5.74) is 0.874. The first-order chi connectivity index (χ1) is 9.40. The van der Waals surface area contributed by atoms with Crippen LogP contribution in [0, 0.1) is 23.0 Å². The maximum atomic E-state index is 12.4. The van der Waals surface area contributed by atoms with Gasteiger partial charge in [-0.3, -0.25) is 14.9 Å². The lowest BCUT2D eigenvalue weighted by Gasteiger charge is -2.34. The molecule has 20 heavy (non-hydrogen) atoms. The molecule has 1 saturated heterocycles. The Kier molecular flexibility index (Phi) is 4.28. The van der Waals surface area contributed by atoms with E-state index in [1.165, 1.54) is 6.07 Å². The fourth-order valence-electron chi connectivity index (χ4n) is 2.33. The molecule has 0 bridgehead atoms. The monoisotopic (exact) mass is 296 g/mol. The van der Waals surface area contributed by atoms with Gasteiger partial charge in [-0.2, -0.15) is 0 Å². The highest BCUT2D eigenvalue weighted by atomic mass is 35.5. The molecule has 1 aromatic rings. The maximum absolute atomic E-state index is 12.4. The fraction of sp³-hybridized carbons (Fsp3) is 0.500. The van der Waals surface area contributed by atoms with Gasteiger partial charge in [-0.25, -0.2) is 0 Å². The van der Waals surface area contributed by atoms with Crippen molar-refractivity contribution in [2.45, 2.75) is 25.6 Å². The van der Waals surface area contributed by atoms with Crippen molar-refractivity contribution in [2.75, 3.05) is 13.1 Å². The summed E-state index contributed by atoms with van der Waals surface area (Å²) in [6.45, 7) is 4.86. The number of aryl methyl sites for hydroxylation is 1. The molecule has 5 nitrogen and oxygen atoms in total. The summed E-state index contributed by atoms with van der Waals surface area (Å²) in [5, 5.41) is 10.9. The zero-order valence-corrected chi connectivity index (χ0v) is 12.3. The van der Waals surface area contributed by atoms with E-state index in [1.54, 1.807) is 24.0 Å². The van der Waals surface area contributed by atoms with Gasteiger partial charge in [0.25, 0.3) is 11.6 Å². The van der Waals surface area contributed by atoms with Crippen LogP contribution in [0.4, 0.5) is 5.69 Å². The van der Waals surface area contributed by atoms with Gasteiger partial charge in [0.05, 0.1) is 10.3 Å². The number of piperidine rings is 1. The van der Waals surface area contributed by atoms with Crippen LogP contribution in [-0.4, -0.2) is 34.2 Å². The summed E-state index contributed by atoms with van der Waals surface area (Å²) in [6.07, 6.45) is 0.855. The van der Waals surface area contributed by atoms with Gasteiger partial charge < -0.3 is 4.90 Å². The number of carbonyl (C=O) groups excluding carboxylic acids is 1. The molecule has 0 radical (unpaired) electrons. The number of amides is 1. The Morgan fingerprint density at radius 1 is 1.50 bits per heavy atom. The van der Waals surface area contributed by atoms with Crippen LogP contribution in [0.25, 0.3) is 0 Å². The highest BCUT2D eigenvalue weighted by molar-refractivity contribution is 6.21. The molecule has 1 aliphatic rings. The quantitative estimate of drug-likeness (QED) is 0.479. The number of nitrogens with zero attached hydrogens (tertiary/aromatic N) is 2. The topological polar surface area (TPSA) is 63.5 Å². The van der Waals surface area contributed by atoms with Crippen molar-refractivity contribution < 1.29 is 9.72 Å². The highest BCUT2D eigenvalue weighted by Crippen LogP contribution is 2.25. The minimum atomic E-state index is -0.464. The van der Waals surface area contributed by atoms with E-state index < -0.39 is 4.92 Å². The van der Waals surface area contributed by atoms with Gasteiger partial charge in [-0.05, 0) is 25.3 Å². The Balaban J connectivity index is 2.21. The predicted octanol–water partition coefficient (Wildman–Crippen LogP) is 2.99. The zero-order valence-electron chi connectivity index (χ0n) is 11.5. The van der Waals surface area contributed by atoms with Gasteiger partial charge in [0.1, 0.15) is 0 Å². The van der Waals surface area contributed by atoms with Gasteiger partial charge in [0.15, 0.2) is 0 Å². The second kappa shape index (κ2) is 5.79. The number of likely N-dealkylation sites (tertiary alicyclic amines) is 1. The van der Waals surface area contributed by atoms with Crippen LogP contribution in [-0.2, 0) is 0 Å². The number of nitro groups is 1. The van der Waals surface area contributed by atoms with Gasteiger partial charge in [0, 0.05) is 30.3 Å². The normalized spacial score (nSPS) is 22.6. The molecule has 0 aromatic heterocycles. The summed E-state index contributed by atoms with van der Waals surface area (Å²) in [7, 11) is 0. The first kappa shape index (κ1) is 14.8. The molecule has 0 aliphatic carbocycles. The van der Waals surface area contributed by atoms with Gasteiger partial charge in [-0.1, -0.05) is 13.0 Å². The average Bonchev–Trinajstić information content (AvgIpc) is 2.41. The number of hydrogen-bond donors (Lipinski definition) is 0. The second-order valence-electron chi connectivity index (χ2n) is 5.29. The van der Waals surface area contributed by atoms with Crippen molar-refractivity contribution in [3.8, 4) is 0 Å². The standard InChI is InChI=1S/C14H17ClN2O3/c1-9-5-6-16(8-12(9)15)14(18)11-4-3-10(2)13(7-11)17(19)20/h3-4,7,9,12H,5-6,8H2,1-2H3. The van der Waals surface area contributed by atoms with Crippen LogP contribution in [0.5, 0.6) is 0 Å². The van der Waals surface area contributed by atoms with Gasteiger partial charge in [-0.15, -0.1) is 11.6 Å². The minimum absolute atomic E-state index is 0.0244. The van der Waals surface area contributed by atoms with E-state index in [1.807, 2.05) is 0 Å². The number of halogens is 1. The summed E-state index contributed by atoms with van der Waals surface area (Å²) < 4.78 is 0. The molecule has 2 atom stereocenters. The third-order valence-corrected chi connectivity index (χ3v) is 4.37. The fourth-order valence-corrected chi connectivity index (χ4v) is 2.62. The number of hydrogen-bond acceptors (Lipinski definition) is 3. The maximum Gasteiger partial charge on any atom is 0.273 e. The molecule has 0 spiro atoms. The van der Waals surface area contributed by atoms with Crippen molar-refractivity contribution in [3.05, 3.63) is 39.4 Å². The molecular weight excluding hydrogens is 280 g/mol. The molecule has 108 valence electrons. The van der Waals surface area contributed by atoms with E-state index in [0.29, 0.717) is 30.1 Å². The molecule has 6 heteroatoms. The highest BCUT2D eigenvalue weighted by Gasteiger charge is 2.28. The smallest absolute Gasteiger partial charge is 0.273 e. The Morgan fingerprint density at radius 2 is 2.20 bits per heavy atom. The van der Waals surface area contributed by atoms with Crippen LogP contribution in [0.1, 0.15) is 29.3 Å². The summed E-state index contributed by atoms with van der Waals surface area (Å²) >= 11 is 6.20. The number of carbonyl (C=O) groups is 1. The Bertz CT molecular complexity index is 547. The van der Waals surface area contributed by atoms with Crippen molar-refractivity contribution in [3.63, 3.8) is 0 Å². The van der Waals surface area contributed by atoms with E-state index in [-0.39, 0.29) is 17.0 Å². The number of nitro benzene ring substituents is 1. The van der Waals surface area contributed by atoms with Gasteiger partial charge in [0.2, 0.25) is 0 Å². The van der Waals surface area contributed by atoms with E-state index >= 15 is 0 Å². The third-order valence-electron chi connectivity index (χ3n) is 3.81. The van der Waals surface area contributed by atoms with Crippen molar-refractivity contribution in [1.29, 1.82) is 0 Å². The lowest BCUT2D eigenvalue weighted by molar-refractivity contribution is -0.385. The molecule has 2 unspecified atom stereocenters. The lowest BCUT2D eigenvalue weighted by atomic mass is 9.98. The van der Waals surface area contributed by atoms with E-state index in [4.69, 9.17) is 11.6 Å². The molecule has 1 aromatic carbocycles. The Morgan fingerprint density at radius 3 is 2.80 bits per heavy atom. The summed E-state index contributed by atoms with van der Waals surface area (Å²) in [5.74, 6) is 0.193. The largest absolute Gasteiger partial charge is 0.337 e. The molecule has 0 N–H and O–H groups in total. The number of alkyl halides is 1. The predicted molar refractivity (Wildman–Crippen MR) is 77.2 cm³/mol. The SMILES string of the molecule is Cc1ccc(C(=O)N2CCC(C)C(Cl)C2)cc1[N+](=O)[O-]. The van der Waals surface area contributed by atoms with E-state index in [2.05, 4.69) is 6.92 Å². The number of benzene rings is 1. The van der Waals surface area contributed by atoms with Crippen LogP contribution < -0.4 is 0 Å². The zero-order chi connectivity index (χ0) is 14.9. The van der Waals surface area contributed by atoms with Crippen LogP contribution in [0.15, 0.2) is 18.2 Å². The minimum Gasteiger partial charge on any atom is -0.337 e. The van der Waals surface area contributed by atoms with Crippen molar-refractivity contribution >= 4 is 23.2 Å². The summed E-state index contributed by atoms with van der Waals surface area (Å²) in [4.78, 5) is 24.5. The van der Waals surface area contributed by atoms with E-state index in [0.717, 1.165) is 6.42 Å². The van der Waals surface area contributed by atoms with E-state index in [9.17, 15) is 14.9 Å². The molecule has 0 saturated carbocycles. The number of rotatable bonds is 2. The summed E-state index contributed by atoms with van der Waals surface area (Å²) in [6, 6.07) is 4.58. The van der Waals surface area contributed by atoms with Crippen molar-refractivity contribution in [2.24, 2.45) is 5.92 Å². The Hall–Kier alpha value is -1.62. The third kappa shape index (κ3) is 2.93. The van der Waals surface area contributed by atoms with Crippen LogP contribution in [0.3, 0.4) is 0 Å². The lowest BCUT2D eigenvalue weighted by Crippen LogP contribution is -2.43. The molecular formula is C14H17ClN2O3. The molecule has 1 aliphatic heterocycles. The Labute approximate surface area is 122 Å². The molecule has 1 heterocycles. The average molecular weight is 297 g/mol. The first-order valence-corrected chi connectivity index (χ1v) is 7.02. The molecule has 1 amide bonds. The van der Waals surface area contributed by atoms with Crippen LogP contribution in [0.2, 0.25) is 0 Å². The van der Waals surface area contributed by atoms with Crippen LogP contribution >= 0.6 is 11.6 Å². The van der Waals surface area contributed by atoms with Gasteiger partial charge >= 0.3 is 0 Å². The second-order valence-corrected chi connectivity index (χ2v) is 5.85. The first-order valence-electron chi connectivity index (χ1n) is 6.58.